The fourth-order valence-corrected chi connectivity index (χ4v) is 8.12. The average molecular weight is 532 g/mol. The number of aliphatic imine (C=N–C) groups is 1. The van der Waals surface area contributed by atoms with Crippen molar-refractivity contribution in [2.45, 2.75) is 12.1 Å². The van der Waals surface area contributed by atoms with Gasteiger partial charge in [0.15, 0.2) is 0 Å². The zero-order valence-corrected chi connectivity index (χ0v) is 22.1. The van der Waals surface area contributed by atoms with E-state index in [4.69, 9.17) is 4.52 Å². The van der Waals surface area contributed by atoms with Gasteiger partial charge in [0.2, 0.25) is 0 Å². The Hall–Kier alpha value is -4.60. The van der Waals surface area contributed by atoms with Crippen LogP contribution < -0.4 is 9.83 Å². The third-order valence-corrected chi connectivity index (χ3v) is 10.5. The van der Waals surface area contributed by atoms with Gasteiger partial charge in [0.1, 0.15) is 22.4 Å². The molecule has 1 heterocycles. The van der Waals surface area contributed by atoms with E-state index in [0.29, 0.717) is 22.3 Å². The number of hydrogen-bond acceptors (Lipinski definition) is 5. The number of benzene rings is 5. The van der Waals surface area contributed by atoms with Crippen LogP contribution in [0.4, 0.5) is 5.69 Å². The molecular weight excluding hydrogens is 505 g/mol. The Kier molecular flexibility index (Phi) is 6.09. The maximum absolute atomic E-state index is 15.4. The van der Waals surface area contributed by atoms with Gasteiger partial charge in [-0.05, 0) is 72.1 Å². The summed E-state index contributed by atoms with van der Waals surface area (Å²) in [4.78, 5) is 4.52. The van der Waals surface area contributed by atoms with Crippen LogP contribution in [-0.4, -0.2) is 16.4 Å². The lowest BCUT2D eigenvalue weighted by Crippen LogP contribution is -2.34. The van der Waals surface area contributed by atoms with E-state index in [1.54, 1.807) is 48.7 Å². The minimum absolute atomic E-state index is 0.128. The van der Waals surface area contributed by atoms with Crippen molar-refractivity contribution < 1.29 is 19.3 Å². The lowest BCUT2D eigenvalue weighted by Gasteiger charge is -2.41. The van der Waals surface area contributed by atoms with Crippen molar-refractivity contribution >= 4 is 24.6 Å². The number of rotatable bonds is 5. The third-order valence-electron chi connectivity index (χ3n) is 7.36. The molecule has 1 aliphatic heterocycles. The molecule has 2 atom stereocenters. The van der Waals surface area contributed by atoms with Gasteiger partial charge in [-0.2, -0.15) is 0 Å². The molecule has 5 aromatic rings. The number of aromatic hydroxyl groups is 2. The Labute approximate surface area is 227 Å². The first-order valence-electron chi connectivity index (χ1n) is 12.6. The van der Waals surface area contributed by atoms with Crippen molar-refractivity contribution in [1.29, 1.82) is 0 Å². The second-order valence-corrected chi connectivity index (χ2v) is 12.3. The number of fused-ring (bicyclic) bond motifs is 3. The van der Waals surface area contributed by atoms with Crippen LogP contribution in [0, 0.1) is 0 Å². The highest BCUT2D eigenvalue weighted by Crippen LogP contribution is 2.69. The molecule has 0 fully saturated rings. The zero-order chi connectivity index (χ0) is 27.0. The normalized spacial score (nSPS) is 17.6. The standard InChI is InChI=1S/C33H26NO4P/c1-33(25-16-20-27(35)21-17-25,24-14-18-26(19-15-24)34-22-23-8-2-5-11-30(23)36)39(37)32-13-7-4-10-29(32)28-9-3-6-12-31(28)38-39/h2-22,35-36H,1H3/b34-22+. The van der Waals surface area contributed by atoms with Crippen LogP contribution in [0.1, 0.15) is 23.6 Å². The van der Waals surface area contributed by atoms with Gasteiger partial charge < -0.3 is 14.7 Å². The highest BCUT2D eigenvalue weighted by Gasteiger charge is 2.53. The minimum Gasteiger partial charge on any atom is -0.508 e. The lowest BCUT2D eigenvalue weighted by atomic mass is 9.91. The molecule has 1 aliphatic rings. The molecule has 0 bridgehead atoms. The van der Waals surface area contributed by atoms with Crippen LogP contribution in [0.15, 0.2) is 126 Å². The summed E-state index contributed by atoms with van der Waals surface area (Å²) in [5.41, 5.74) is 4.63. The molecule has 2 N–H and O–H groups in total. The highest BCUT2D eigenvalue weighted by atomic mass is 31.2. The van der Waals surface area contributed by atoms with Crippen molar-refractivity contribution in [3.63, 3.8) is 0 Å². The molecule has 0 saturated carbocycles. The van der Waals surface area contributed by atoms with Crippen molar-refractivity contribution in [2.75, 3.05) is 0 Å². The largest absolute Gasteiger partial charge is 0.508 e. The summed E-state index contributed by atoms with van der Waals surface area (Å²) in [6, 6.07) is 36.7. The van der Waals surface area contributed by atoms with Gasteiger partial charge in [0.05, 0.1) is 11.0 Å². The minimum atomic E-state index is -3.65. The topological polar surface area (TPSA) is 79.1 Å². The van der Waals surface area contributed by atoms with Gasteiger partial charge in [-0.15, -0.1) is 0 Å². The number of phenols is 2. The fourth-order valence-electron chi connectivity index (χ4n) is 5.15. The number of hydrogen-bond donors (Lipinski definition) is 2. The molecule has 0 spiro atoms. The Bertz CT molecular complexity index is 1750. The molecule has 0 saturated heterocycles. The van der Waals surface area contributed by atoms with Crippen LogP contribution in [0.5, 0.6) is 17.2 Å². The molecule has 5 aromatic carbocycles. The van der Waals surface area contributed by atoms with E-state index in [9.17, 15) is 10.2 Å². The van der Waals surface area contributed by atoms with Gasteiger partial charge in [-0.1, -0.05) is 72.8 Å². The molecule has 6 rings (SSSR count). The quantitative estimate of drug-likeness (QED) is 0.179. The van der Waals surface area contributed by atoms with E-state index < -0.39 is 12.5 Å². The summed E-state index contributed by atoms with van der Waals surface area (Å²) in [7, 11) is -3.65. The summed E-state index contributed by atoms with van der Waals surface area (Å²) in [5, 5.41) is 19.6. The van der Waals surface area contributed by atoms with Crippen LogP contribution in [0.25, 0.3) is 11.1 Å². The van der Waals surface area contributed by atoms with Gasteiger partial charge in [-0.3, -0.25) is 9.56 Å². The molecule has 39 heavy (non-hydrogen) atoms. The van der Waals surface area contributed by atoms with Crippen LogP contribution in [-0.2, 0) is 9.72 Å². The molecule has 0 amide bonds. The number of para-hydroxylation sites is 2. The van der Waals surface area contributed by atoms with E-state index in [-0.39, 0.29) is 11.5 Å². The molecule has 2 unspecified atom stereocenters. The summed E-state index contributed by atoms with van der Waals surface area (Å²) in [5.74, 6) is 0.862. The summed E-state index contributed by atoms with van der Waals surface area (Å²) in [6.45, 7) is 1.94. The second-order valence-electron chi connectivity index (χ2n) is 9.64. The highest BCUT2D eigenvalue weighted by molar-refractivity contribution is 7.69. The van der Waals surface area contributed by atoms with Gasteiger partial charge >= 0.3 is 0 Å². The van der Waals surface area contributed by atoms with Gasteiger partial charge in [-0.25, -0.2) is 0 Å². The van der Waals surface area contributed by atoms with Crippen LogP contribution in [0.3, 0.4) is 0 Å². The monoisotopic (exact) mass is 531 g/mol. The first-order valence-corrected chi connectivity index (χ1v) is 14.2. The van der Waals surface area contributed by atoms with E-state index in [1.807, 2.05) is 85.8 Å². The Morgan fingerprint density at radius 1 is 0.718 bits per heavy atom. The zero-order valence-electron chi connectivity index (χ0n) is 21.2. The van der Waals surface area contributed by atoms with Crippen molar-refractivity contribution in [2.24, 2.45) is 4.99 Å². The van der Waals surface area contributed by atoms with Crippen LogP contribution in [0.2, 0.25) is 0 Å². The molecule has 0 radical (unpaired) electrons. The Balaban J connectivity index is 1.50. The molecule has 6 heteroatoms. The average Bonchev–Trinajstić information content (AvgIpc) is 2.97. The van der Waals surface area contributed by atoms with Gasteiger partial charge in [0, 0.05) is 17.3 Å². The Morgan fingerprint density at radius 3 is 2.03 bits per heavy atom. The SMILES string of the molecule is CC(c1ccc(O)cc1)(c1ccc(/N=C/c2ccccc2O)cc1)P1(=O)Oc2ccccc2-c2ccccc21. The van der Waals surface area contributed by atoms with Crippen molar-refractivity contribution in [3.05, 3.63) is 138 Å². The van der Waals surface area contributed by atoms with Crippen molar-refractivity contribution in [1.82, 2.24) is 0 Å². The Morgan fingerprint density at radius 2 is 1.31 bits per heavy atom. The molecule has 0 aliphatic carbocycles. The maximum Gasteiger partial charge on any atom is 0.292 e. The maximum atomic E-state index is 15.4. The second kappa shape index (κ2) is 9.61. The molecule has 5 nitrogen and oxygen atoms in total. The summed E-state index contributed by atoms with van der Waals surface area (Å²) < 4.78 is 22.0. The van der Waals surface area contributed by atoms with Crippen LogP contribution >= 0.6 is 7.37 Å². The predicted molar refractivity (Wildman–Crippen MR) is 156 cm³/mol. The first-order chi connectivity index (χ1) is 18.9. The number of phenolic OH excluding ortho intramolecular Hbond substituents is 2. The predicted octanol–water partition coefficient (Wildman–Crippen LogP) is 7.77. The van der Waals surface area contributed by atoms with E-state index >= 15 is 4.57 Å². The molecule has 0 aromatic heterocycles. The van der Waals surface area contributed by atoms with E-state index in [0.717, 1.165) is 22.3 Å². The number of nitrogens with zero attached hydrogens (tertiary/aromatic N) is 1. The third kappa shape index (κ3) is 4.12. The van der Waals surface area contributed by atoms with E-state index in [2.05, 4.69) is 4.99 Å². The molecular formula is C33H26NO4P. The van der Waals surface area contributed by atoms with E-state index in [1.165, 1.54) is 0 Å². The molecule has 192 valence electrons. The smallest absolute Gasteiger partial charge is 0.292 e. The lowest BCUT2D eigenvalue weighted by molar-refractivity contribution is 0.461. The van der Waals surface area contributed by atoms with Gasteiger partial charge in [0.25, 0.3) is 7.37 Å². The van der Waals surface area contributed by atoms with Crippen molar-refractivity contribution in [3.8, 4) is 28.4 Å². The first kappa shape index (κ1) is 24.7. The fraction of sp³-hybridized carbons (Fsp3) is 0.0606. The summed E-state index contributed by atoms with van der Waals surface area (Å²) >= 11 is 0. The summed E-state index contributed by atoms with van der Waals surface area (Å²) in [6.07, 6.45) is 1.61.